The van der Waals surface area contributed by atoms with E-state index in [1.54, 1.807) is 18.2 Å². The molecule has 0 spiro atoms. The van der Waals surface area contributed by atoms with Crippen LogP contribution in [0.25, 0.3) is 10.8 Å². The maximum Gasteiger partial charge on any atom is 0.273 e. The lowest BCUT2D eigenvalue weighted by molar-refractivity contribution is -0.384. The number of aliphatic hydroxyl groups excluding tert-OH is 2. The fourth-order valence-corrected chi connectivity index (χ4v) is 10.8. The molecule has 6 atom stereocenters. The quantitative estimate of drug-likeness (QED) is 0.0317. The number of unbranched alkanes of at least 4 members (excludes halogenated alkanes) is 2. The topological polar surface area (TPSA) is 153 Å². The minimum absolute atomic E-state index is 0.00250. The maximum absolute atomic E-state index is 15.2. The molecule has 0 bridgehead atoms. The predicted octanol–water partition coefficient (Wildman–Crippen LogP) is 10.8. The molecular formula is C55H59N3O9. The number of nitro benzene ring substituents is 1. The van der Waals surface area contributed by atoms with E-state index in [2.05, 4.69) is 36.9 Å². The first-order valence-electron chi connectivity index (χ1n) is 23.8. The predicted molar refractivity (Wildman–Crippen MR) is 257 cm³/mol. The third-order valence-corrected chi connectivity index (χ3v) is 14.0. The fourth-order valence-electron chi connectivity index (χ4n) is 10.8. The summed E-state index contributed by atoms with van der Waals surface area (Å²) in [5.41, 5.74) is 4.44. The molecule has 2 fully saturated rings. The van der Waals surface area contributed by atoms with Crippen molar-refractivity contribution in [2.75, 3.05) is 19.8 Å². The van der Waals surface area contributed by atoms with Crippen LogP contribution in [-0.2, 0) is 27.5 Å². The average molecular weight is 906 g/mol. The molecule has 0 unspecified atom stereocenters. The molecule has 9 rings (SSSR count). The highest BCUT2D eigenvalue weighted by Crippen LogP contribution is 2.62. The second-order valence-electron chi connectivity index (χ2n) is 18.3. The molecule has 2 N–H and O–H groups in total. The number of rotatable bonds is 21. The normalized spacial score (nSPS) is 23.3. The van der Waals surface area contributed by atoms with Gasteiger partial charge in [0.15, 0.2) is 0 Å². The highest BCUT2D eigenvalue weighted by molar-refractivity contribution is 6.03. The summed E-state index contributed by atoms with van der Waals surface area (Å²) >= 11 is 0. The average Bonchev–Trinajstić information content (AvgIpc) is 4.21. The first-order valence-corrected chi connectivity index (χ1v) is 23.8. The maximum atomic E-state index is 15.2. The van der Waals surface area contributed by atoms with E-state index in [0.29, 0.717) is 36.6 Å². The van der Waals surface area contributed by atoms with Gasteiger partial charge >= 0.3 is 0 Å². The van der Waals surface area contributed by atoms with Crippen LogP contribution < -0.4 is 9.47 Å². The van der Waals surface area contributed by atoms with Gasteiger partial charge in [-0.05, 0) is 102 Å². The van der Waals surface area contributed by atoms with Gasteiger partial charge in [0.05, 0.1) is 29.2 Å². The van der Waals surface area contributed by atoms with Crippen LogP contribution in [0.3, 0.4) is 0 Å². The number of carbonyl (C=O) groups is 1. The molecule has 348 valence electrons. The van der Waals surface area contributed by atoms with Crippen LogP contribution in [0.4, 0.5) is 5.69 Å². The summed E-state index contributed by atoms with van der Waals surface area (Å²) in [5, 5.41) is 39.0. The van der Waals surface area contributed by atoms with Crippen molar-refractivity contribution in [3.63, 3.8) is 0 Å². The SMILES string of the molecule is C=CCO[C@@]12Oc3ccc(Oc4cccc([N+](=O)[O-])c4)cc3[C@H]3[C@H](CCCCO)[C@@H](CCCCO)C=C(C(=NOCc4ccccc4)C[C@@H]1N(Cc1cccc4ccccc14)C(=O)C1CC1)[C@H]32. The Morgan fingerprint density at radius 2 is 1.64 bits per heavy atom. The van der Waals surface area contributed by atoms with Crippen LogP contribution in [0.15, 0.2) is 145 Å². The number of hydrogen-bond donors (Lipinski definition) is 2. The van der Waals surface area contributed by atoms with E-state index >= 15 is 4.79 Å². The monoisotopic (exact) mass is 905 g/mol. The van der Waals surface area contributed by atoms with Crippen LogP contribution in [0.5, 0.6) is 17.2 Å². The second-order valence-corrected chi connectivity index (χ2v) is 18.3. The zero-order chi connectivity index (χ0) is 46.3. The molecule has 0 aromatic heterocycles. The molecule has 5 aromatic carbocycles. The number of non-ortho nitro benzene ring substituents is 1. The zero-order valence-electron chi connectivity index (χ0n) is 37.8. The standard InChI is InChI=1S/C55H59N3O9/c1-2-30-64-55-51(57(54(61)39-24-25-39)35-41-19-12-18-38-16-6-7-22-45(38)41)34-49(56-65-36-37-14-4-3-5-15-37)47-31-40(17-8-10-28-59)46(23-9-11-29-60)52(53(47)55)48-33-44(26-27-50(48)67-55)66-43-21-13-20-42(32-43)58(62)63/h2-7,12-16,18-22,26-27,31-33,39-40,46,51-53,59-60H,1,8-11,17,23-25,28-30,34-36H2/t40-,46+,51-,52+,53+,55+/m0/s1. The highest BCUT2D eigenvalue weighted by atomic mass is 16.7. The summed E-state index contributed by atoms with van der Waals surface area (Å²) in [6.07, 6.45) is 10.4. The number of carbonyl (C=O) groups excluding carboxylic acids is 1. The molecular weight excluding hydrogens is 847 g/mol. The molecule has 67 heavy (non-hydrogen) atoms. The molecule has 1 aliphatic heterocycles. The number of oxime groups is 1. The van der Waals surface area contributed by atoms with Gasteiger partial charge in [-0.2, -0.15) is 0 Å². The largest absolute Gasteiger partial charge is 0.459 e. The second kappa shape index (κ2) is 20.7. The van der Waals surface area contributed by atoms with Gasteiger partial charge in [-0.15, -0.1) is 6.58 Å². The molecule has 3 aliphatic carbocycles. The Balaban J connectivity index is 1.25. The molecule has 0 saturated heterocycles. The summed E-state index contributed by atoms with van der Waals surface area (Å²) in [5.74, 6) is -0.888. The lowest BCUT2D eigenvalue weighted by Crippen LogP contribution is -2.70. The summed E-state index contributed by atoms with van der Waals surface area (Å²) in [6.45, 7) is 4.94. The van der Waals surface area contributed by atoms with Gasteiger partial charge in [0.25, 0.3) is 5.69 Å². The van der Waals surface area contributed by atoms with Crippen molar-refractivity contribution in [1.29, 1.82) is 0 Å². The fraction of sp³-hybridized carbons (Fsp3) is 0.382. The molecule has 12 heteroatoms. The van der Waals surface area contributed by atoms with E-state index < -0.39 is 22.7 Å². The van der Waals surface area contributed by atoms with E-state index in [0.717, 1.165) is 77.3 Å². The first-order chi connectivity index (χ1) is 32.8. The van der Waals surface area contributed by atoms with E-state index in [1.165, 1.54) is 12.1 Å². The highest BCUT2D eigenvalue weighted by Gasteiger charge is 2.66. The molecule has 0 radical (unpaired) electrons. The van der Waals surface area contributed by atoms with Crippen LogP contribution in [0.2, 0.25) is 0 Å². The van der Waals surface area contributed by atoms with Crippen molar-refractivity contribution in [2.24, 2.45) is 28.8 Å². The Morgan fingerprint density at radius 1 is 0.896 bits per heavy atom. The van der Waals surface area contributed by atoms with Crippen LogP contribution in [0.1, 0.15) is 80.4 Å². The van der Waals surface area contributed by atoms with Gasteiger partial charge in [-0.3, -0.25) is 14.9 Å². The number of nitro groups is 1. The van der Waals surface area contributed by atoms with Crippen LogP contribution >= 0.6 is 0 Å². The van der Waals surface area contributed by atoms with Gasteiger partial charge in [-0.1, -0.05) is 109 Å². The molecule has 4 aliphatic rings. The number of allylic oxidation sites excluding steroid dienone is 1. The number of aliphatic hydroxyl groups is 2. The van der Waals surface area contributed by atoms with Crippen molar-refractivity contribution in [3.05, 3.63) is 166 Å². The third kappa shape index (κ3) is 9.75. The molecule has 5 aromatic rings. The number of nitrogens with zero attached hydrogens (tertiary/aromatic N) is 3. The van der Waals surface area contributed by atoms with E-state index in [4.69, 9.17) is 24.2 Å². The van der Waals surface area contributed by atoms with Crippen LogP contribution in [-0.4, -0.2) is 63.3 Å². The van der Waals surface area contributed by atoms with Gasteiger partial charge in [-0.25, -0.2) is 0 Å². The first kappa shape index (κ1) is 45.8. The molecule has 2 saturated carbocycles. The van der Waals surface area contributed by atoms with Crippen molar-refractivity contribution < 1.29 is 39.0 Å². The Hall–Kier alpha value is -6.34. The van der Waals surface area contributed by atoms with E-state index in [-0.39, 0.29) is 68.1 Å². The number of benzene rings is 5. The number of ether oxygens (including phenoxy) is 3. The Morgan fingerprint density at radius 3 is 2.42 bits per heavy atom. The van der Waals surface area contributed by atoms with Gasteiger partial charge in [0, 0.05) is 49.6 Å². The summed E-state index contributed by atoms with van der Waals surface area (Å²) < 4.78 is 21.1. The zero-order valence-corrected chi connectivity index (χ0v) is 37.8. The van der Waals surface area contributed by atoms with E-state index in [1.807, 2.05) is 71.6 Å². The summed E-state index contributed by atoms with van der Waals surface area (Å²) in [6, 6.07) is 35.5. The lowest BCUT2D eigenvalue weighted by atomic mass is 9.55. The molecule has 12 nitrogen and oxygen atoms in total. The third-order valence-electron chi connectivity index (χ3n) is 14.0. The molecule has 1 heterocycles. The number of amides is 1. The van der Waals surface area contributed by atoms with Crippen molar-refractivity contribution in [3.8, 4) is 17.2 Å². The van der Waals surface area contributed by atoms with Gasteiger partial charge in [0.1, 0.15) is 29.9 Å². The Bertz CT molecular complexity index is 2620. The minimum Gasteiger partial charge on any atom is -0.459 e. The summed E-state index contributed by atoms with van der Waals surface area (Å²) in [7, 11) is 0. The Kier molecular flexibility index (Phi) is 14.1. The Labute approximate surface area is 391 Å². The van der Waals surface area contributed by atoms with Gasteiger partial charge in [0.2, 0.25) is 11.7 Å². The molecule has 1 amide bonds. The van der Waals surface area contributed by atoms with Crippen molar-refractivity contribution in [2.45, 2.75) is 88.7 Å². The van der Waals surface area contributed by atoms with Crippen molar-refractivity contribution >= 4 is 28.1 Å². The van der Waals surface area contributed by atoms with Crippen molar-refractivity contribution in [1.82, 2.24) is 4.90 Å². The van der Waals surface area contributed by atoms with E-state index in [9.17, 15) is 20.3 Å². The number of hydrogen-bond acceptors (Lipinski definition) is 10. The van der Waals surface area contributed by atoms with Gasteiger partial charge < -0.3 is 34.2 Å². The lowest BCUT2D eigenvalue weighted by Gasteiger charge is -2.60. The smallest absolute Gasteiger partial charge is 0.273 e. The van der Waals surface area contributed by atoms with Crippen LogP contribution in [0, 0.1) is 33.8 Å². The minimum atomic E-state index is -1.43. The summed E-state index contributed by atoms with van der Waals surface area (Å²) in [4.78, 5) is 34.8. The number of fused-ring (bicyclic) bond motifs is 3.